The van der Waals surface area contributed by atoms with Crippen LogP contribution in [0.15, 0.2) is 41.5 Å². The lowest BCUT2D eigenvalue weighted by molar-refractivity contribution is -0.137. The maximum Gasteiger partial charge on any atom is 0.421 e. The van der Waals surface area contributed by atoms with E-state index in [-0.39, 0.29) is 17.5 Å². The Kier molecular flexibility index (Phi) is 4.84. The number of hydrogen-bond donors (Lipinski definition) is 4. The van der Waals surface area contributed by atoms with Crippen LogP contribution in [0.3, 0.4) is 0 Å². The zero-order valence-electron chi connectivity index (χ0n) is 12.4. The van der Waals surface area contributed by atoms with Crippen molar-refractivity contribution in [1.29, 1.82) is 10.7 Å². The van der Waals surface area contributed by atoms with Gasteiger partial charge in [0.15, 0.2) is 0 Å². The normalized spacial score (nSPS) is 15.7. The summed E-state index contributed by atoms with van der Waals surface area (Å²) in [4.78, 5) is 7.38. The van der Waals surface area contributed by atoms with Crippen LogP contribution in [0.25, 0.3) is 0 Å². The van der Waals surface area contributed by atoms with Gasteiger partial charge in [0, 0.05) is 25.7 Å². The zero-order valence-corrected chi connectivity index (χ0v) is 12.4. The van der Waals surface area contributed by atoms with E-state index in [1.54, 1.807) is 6.08 Å². The van der Waals surface area contributed by atoms with Crippen LogP contribution >= 0.6 is 0 Å². The molecule has 0 aromatic carbocycles. The van der Waals surface area contributed by atoms with Crippen molar-refractivity contribution in [3.63, 3.8) is 0 Å². The molecule has 0 spiro atoms. The van der Waals surface area contributed by atoms with E-state index >= 15 is 0 Å². The summed E-state index contributed by atoms with van der Waals surface area (Å²) >= 11 is 0. The van der Waals surface area contributed by atoms with Crippen LogP contribution < -0.4 is 16.0 Å². The highest BCUT2D eigenvalue weighted by atomic mass is 19.4. The molecule has 0 saturated heterocycles. The fourth-order valence-electron chi connectivity index (χ4n) is 1.83. The molecule has 0 radical (unpaired) electrons. The Morgan fingerprint density at radius 2 is 2.21 bits per heavy atom. The molecule has 4 N–H and O–H groups in total. The molecule has 0 bridgehead atoms. The second-order valence-corrected chi connectivity index (χ2v) is 4.49. The minimum atomic E-state index is -4.58. The summed E-state index contributed by atoms with van der Waals surface area (Å²) < 4.78 is 38.5. The van der Waals surface area contributed by atoms with E-state index in [1.807, 2.05) is 6.07 Å². The number of alkyl halides is 3. The Hall–Kier alpha value is -3.35. The van der Waals surface area contributed by atoms with Crippen LogP contribution in [-0.4, -0.2) is 23.2 Å². The van der Waals surface area contributed by atoms with Gasteiger partial charge in [0.2, 0.25) is 5.95 Å². The van der Waals surface area contributed by atoms with Crippen molar-refractivity contribution in [3.8, 4) is 6.07 Å². The number of dihydropyridines is 1. The Labute approximate surface area is 135 Å². The van der Waals surface area contributed by atoms with E-state index in [0.717, 1.165) is 6.21 Å². The van der Waals surface area contributed by atoms with Gasteiger partial charge in [-0.05, 0) is 12.2 Å². The number of hydrogen-bond acceptors (Lipinski definition) is 7. The van der Waals surface area contributed by atoms with Crippen LogP contribution in [0.4, 0.5) is 24.9 Å². The van der Waals surface area contributed by atoms with Gasteiger partial charge in [0.1, 0.15) is 11.4 Å². The third-order valence-corrected chi connectivity index (χ3v) is 2.94. The summed E-state index contributed by atoms with van der Waals surface area (Å²) in [6.45, 7) is 0. The Bertz CT molecular complexity index is 785. The Morgan fingerprint density at radius 3 is 2.79 bits per heavy atom. The number of nitrogens with zero attached hydrogens (tertiary/aromatic N) is 3. The number of allylic oxidation sites excluding steroid dienone is 4. The molecule has 1 aliphatic heterocycles. The first kappa shape index (κ1) is 17.0. The highest BCUT2D eigenvalue weighted by Crippen LogP contribution is 2.33. The van der Waals surface area contributed by atoms with E-state index in [0.29, 0.717) is 17.5 Å². The van der Waals surface area contributed by atoms with Crippen molar-refractivity contribution in [2.24, 2.45) is 0 Å². The van der Waals surface area contributed by atoms with Crippen molar-refractivity contribution in [3.05, 3.63) is 47.1 Å². The monoisotopic (exact) mass is 335 g/mol. The molecule has 2 heterocycles. The van der Waals surface area contributed by atoms with E-state index in [9.17, 15) is 13.2 Å². The van der Waals surface area contributed by atoms with Crippen LogP contribution in [0.5, 0.6) is 0 Å². The summed E-state index contributed by atoms with van der Waals surface area (Å²) in [5, 5.41) is 24.2. The summed E-state index contributed by atoms with van der Waals surface area (Å²) in [7, 11) is 1.31. The van der Waals surface area contributed by atoms with Gasteiger partial charge in [-0.1, -0.05) is 0 Å². The average molecular weight is 335 g/mol. The number of anilines is 2. The predicted octanol–water partition coefficient (Wildman–Crippen LogP) is 2.38. The third-order valence-electron chi connectivity index (χ3n) is 2.94. The first-order valence-corrected chi connectivity index (χ1v) is 6.57. The number of halogens is 3. The molecular formula is C14H12F3N7. The van der Waals surface area contributed by atoms with Gasteiger partial charge < -0.3 is 21.4 Å². The average Bonchev–Trinajstić information content (AvgIpc) is 2.58. The molecule has 1 aliphatic rings. The molecule has 1 aromatic heterocycles. The lowest BCUT2D eigenvalue weighted by atomic mass is 10.1. The van der Waals surface area contributed by atoms with Gasteiger partial charge in [-0.25, -0.2) is 4.98 Å². The van der Waals surface area contributed by atoms with Gasteiger partial charge in [0.05, 0.1) is 23.0 Å². The highest BCUT2D eigenvalue weighted by molar-refractivity contribution is 5.82. The summed E-state index contributed by atoms with van der Waals surface area (Å²) in [5.41, 5.74) is -0.0633. The molecule has 0 unspecified atom stereocenters. The van der Waals surface area contributed by atoms with Gasteiger partial charge in [0.25, 0.3) is 0 Å². The van der Waals surface area contributed by atoms with Gasteiger partial charge in [-0.15, -0.1) is 0 Å². The third kappa shape index (κ3) is 3.70. The Morgan fingerprint density at radius 1 is 1.46 bits per heavy atom. The largest absolute Gasteiger partial charge is 0.421 e. The van der Waals surface area contributed by atoms with Crippen molar-refractivity contribution < 1.29 is 13.2 Å². The van der Waals surface area contributed by atoms with Crippen LogP contribution in [0.1, 0.15) is 5.56 Å². The van der Waals surface area contributed by atoms with E-state index in [4.69, 9.17) is 10.7 Å². The second kappa shape index (κ2) is 6.82. The van der Waals surface area contributed by atoms with E-state index in [2.05, 4.69) is 25.9 Å². The second-order valence-electron chi connectivity index (χ2n) is 4.49. The molecule has 2 rings (SSSR count). The standard InChI is InChI=1S/C14H12F3N7/c1-20-12-9(14(15,16)17)7-22-13(24-12)23-11(6-19)10-4-8(5-18)2-3-21-10/h2-4,6-7,19,21H,1H3,(H2,20,22,23,24)/b11-10+,19-6?. The molecule has 0 amide bonds. The minimum Gasteiger partial charge on any atom is -0.372 e. The van der Waals surface area contributed by atoms with E-state index in [1.165, 1.54) is 19.3 Å². The minimum absolute atomic E-state index is 0.124. The van der Waals surface area contributed by atoms with Crippen molar-refractivity contribution in [1.82, 2.24) is 15.3 Å². The van der Waals surface area contributed by atoms with Crippen LogP contribution in [-0.2, 0) is 6.18 Å². The van der Waals surface area contributed by atoms with Gasteiger partial charge >= 0.3 is 6.18 Å². The topological polar surface area (TPSA) is 110 Å². The fraction of sp³-hybridized carbons (Fsp3) is 0.143. The lowest BCUT2D eigenvalue weighted by Gasteiger charge is -2.15. The SMILES string of the molecule is CNc1nc(N/C(C=N)=C2\C=C(C#N)C=CN2)ncc1C(F)(F)F. The van der Waals surface area contributed by atoms with Crippen molar-refractivity contribution in [2.45, 2.75) is 6.18 Å². The number of nitrogens with one attached hydrogen (secondary N) is 4. The molecule has 10 heteroatoms. The maximum absolute atomic E-state index is 12.8. The van der Waals surface area contributed by atoms with Crippen LogP contribution in [0.2, 0.25) is 0 Å². The van der Waals surface area contributed by atoms with E-state index < -0.39 is 11.7 Å². The lowest BCUT2D eigenvalue weighted by Crippen LogP contribution is -2.17. The number of nitriles is 1. The zero-order chi connectivity index (χ0) is 17.7. The molecule has 0 saturated carbocycles. The van der Waals surface area contributed by atoms with Crippen molar-refractivity contribution in [2.75, 3.05) is 17.7 Å². The number of aromatic nitrogens is 2. The highest BCUT2D eigenvalue weighted by Gasteiger charge is 2.35. The molecule has 0 atom stereocenters. The molecule has 7 nitrogen and oxygen atoms in total. The molecule has 0 fully saturated rings. The van der Waals surface area contributed by atoms with Gasteiger partial charge in [-0.3, -0.25) is 0 Å². The smallest absolute Gasteiger partial charge is 0.372 e. The first-order valence-electron chi connectivity index (χ1n) is 6.57. The first-order chi connectivity index (χ1) is 11.4. The quantitative estimate of drug-likeness (QED) is 0.629. The Balaban J connectivity index is 2.36. The molecule has 124 valence electrons. The molecule has 0 aliphatic carbocycles. The van der Waals surface area contributed by atoms with Gasteiger partial charge in [-0.2, -0.15) is 23.4 Å². The summed E-state index contributed by atoms with van der Waals surface area (Å²) in [5.74, 6) is -0.513. The summed E-state index contributed by atoms with van der Waals surface area (Å²) in [6.07, 6.45) is 1.53. The molecule has 1 aromatic rings. The predicted molar refractivity (Wildman–Crippen MR) is 82.0 cm³/mol. The number of rotatable bonds is 4. The maximum atomic E-state index is 12.8. The fourth-order valence-corrected chi connectivity index (χ4v) is 1.83. The van der Waals surface area contributed by atoms with Crippen LogP contribution in [0, 0.1) is 16.7 Å². The molecular weight excluding hydrogens is 323 g/mol. The molecule has 24 heavy (non-hydrogen) atoms. The summed E-state index contributed by atoms with van der Waals surface area (Å²) in [6, 6.07) is 1.95. The van der Waals surface area contributed by atoms with Crippen molar-refractivity contribution >= 4 is 18.0 Å².